The molecule has 3 heterocycles. The molecule has 0 spiro atoms. The number of hydrogen-bond donors (Lipinski definition) is 1. The molecular weight excluding hydrogens is 406 g/mol. The summed E-state index contributed by atoms with van der Waals surface area (Å²) >= 11 is 7.58. The first-order chi connectivity index (χ1) is 14.1. The van der Waals surface area contributed by atoms with Crippen LogP contribution in [0.5, 0.6) is 0 Å². The summed E-state index contributed by atoms with van der Waals surface area (Å²) in [5.74, 6) is 0. The van der Waals surface area contributed by atoms with E-state index >= 15 is 0 Å². The normalized spacial score (nSPS) is 14.2. The van der Waals surface area contributed by atoms with Crippen LogP contribution in [0, 0.1) is 0 Å². The molecule has 7 heteroatoms. The molecule has 0 radical (unpaired) electrons. The van der Waals surface area contributed by atoms with Crippen molar-refractivity contribution in [3.05, 3.63) is 96.5 Å². The van der Waals surface area contributed by atoms with Gasteiger partial charge in [-0.05, 0) is 35.7 Å². The van der Waals surface area contributed by atoms with Crippen molar-refractivity contribution in [2.75, 3.05) is 6.54 Å². The maximum absolute atomic E-state index is 13.3. The monoisotopic (exact) mass is 423 g/mol. The van der Waals surface area contributed by atoms with Crippen LogP contribution in [0.15, 0.2) is 64.2 Å². The summed E-state index contributed by atoms with van der Waals surface area (Å²) in [5.41, 5.74) is 2.09. The maximum atomic E-state index is 13.3. The second-order valence-electron chi connectivity index (χ2n) is 7.20. The van der Waals surface area contributed by atoms with Gasteiger partial charge in [0, 0.05) is 29.5 Å². The van der Waals surface area contributed by atoms with Gasteiger partial charge < -0.3 is 0 Å². The number of thiophene rings is 1. The first-order valence-corrected chi connectivity index (χ1v) is 10.6. The number of rotatable bonds is 3. The van der Waals surface area contributed by atoms with Gasteiger partial charge in [0.15, 0.2) is 0 Å². The largest absolute Gasteiger partial charge is 0.334 e. The topological polar surface area (TPSA) is 58.1 Å². The Balaban J connectivity index is 1.57. The number of halogens is 1. The van der Waals surface area contributed by atoms with Gasteiger partial charge in [0.1, 0.15) is 4.83 Å². The summed E-state index contributed by atoms with van der Waals surface area (Å²) in [5, 5.41) is 1.11. The maximum Gasteiger partial charge on any atom is 0.334 e. The summed E-state index contributed by atoms with van der Waals surface area (Å²) in [4.78, 5) is 33.0. The summed E-state index contributed by atoms with van der Waals surface area (Å²) in [6.07, 6.45) is 0.791. The van der Waals surface area contributed by atoms with Gasteiger partial charge in [-0.25, -0.2) is 9.36 Å². The van der Waals surface area contributed by atoms with E-state index in [2.05, 4.69) is 22.0 Å². The fourth-order valence-electron chi connectivity index (χ4n) is 3.95. The number of aromatic amines is 1. The average Bonchev–Trinajstić information content (AvgIpc) is 3.06. The highest BCUT2D eigenvalue weighted by atomic mass is 35.5. The van der Waals surface area contributed by atoms with Crippen molar-refractivity contribution >= 4 is 33.2 Å². The fraction of sp³-hybridized carbons (Fsp3) is 0.182. The van der Waals surface area contributed by atoms with Crippen molar-refractivity contribution in [1.29, 1.82) is 0 Å². The Morgan fingerprint density at radius 2 is 1.90 bits per heavy atom. The highest BCUT2D eigenvalue weighted by Gasteiger charge is 2.24. The summed E-state index contributed by atoms with van der Waals surface area (Å²) in [6.45, 7) is 2.53. The molecule has 1 aliphatic rings. The van der Waals surface area contributed by atoms with Crippen molar-refractivity contribution in [2.24, 2.45) is 0 Å². The third kappa shape index (κ3) is 3.33. The number of nitrogens with one attached hydrogen (secondary N) is 1. The molecule has 4 aromatic rings. The minimum atomic E-state index is -0.440. The lowest BCUT2D eigenvalue weighted by molar-refractivity contribution is 0.249. The smallest absolute Gasteiger partial charge is 0.298 e. The predicted octanol–water partition coefficient (Wildman–Crippen LogP) is 3.95. The predicted molar refractivity (Wildman–Crippen MR) is 117 cm³/mol. The zero-order valence-corrected chi connectivity index (χ0v) is 17.1. The SMILES string of the molecule is O=c1[nH]c2sc3c(c2c(=O)n1-c1cccc(Cl)c1)CCN(Cc1ccccc1)C3. The van der Waals surface area contributed by atoms with Gasteiger partial charge in [0.25, 0.3) is 5.56 Å². The van der Waals surface area contributed by atoms with Gasteiger partial charge >= 0.3 is 5.69 Å². The quantitative estimate of drug-likeness (QED) is 0.542. The van der Waals surface area contributed by atoms with E-state index in [-0.39, 0.29) is 5.56 Å². The molecule has 5 nitrogen and oxygen atoms in total. The molecule has 146 valence electrons. The number of nitrogens with zero attached hydrogens (tertiary/aromatic N) is 2. The number of benzene rings is 2. The lowest BCUT2D eigenvalue weighted by Gasteiger charge is -2.26. The standard InChI is InChI=1S/C22H18ClN3O2S/c23-15-7-4-8-16(11-15)26-21(27)19-17-9-10-25(12-14-5-2-1-3-6-14)13-18(17)29-20(19)24-22(26)28/h1-8,11H,9-10,12-13H2,(H,24,28). The van der Waals surface area contributed by atoms with Gasteiger partial charge in [-0.1, -0.05) is 48.0 Å². The third-order valence-electron chi connectivity index (χ3n) is 5.29. The Labute approximate surface area is 175 Å². The molecular formula is C22H18ClN3O2S. The molecule has 2 aromatic carbocycles. The molecule has 29 heavy (non-hydrogen) atoms. The van der Waals surface area contributed by atoms with E-state index in [1.54, 1.807) is 24.3 Å². The molecule has 0 saturated heterocycles. The van der Waals surface area contributed by atoms with E-state index in [9.17, 15) is 9.59 Å². The van der Waals surface area contributed by atoms with Crippen molar-refractivity contribution in [2.45, 2.75) is 19.5 Å². The van der Waals surface area contributed by atoms with Gasteiger partial charge in [-0.2, -0.15) is 0 Å². The van der Waals surface area contributed by atoms with Gasteiger partial charge in [-0.3, -0.25) is 14.7 Å². The summed E-state index contributed by atoms with van der Waals surface area (Å²) < 4.78 is 1.18. The van der Waals surface area contributed by atoms with Gasteiger partial charge in [-0.15, -0.1) is 11.3 Å². The van der Waals surface area contributed by atoms with E-state index in [0.29, 0.717) is 20.9 Å². The van der Waals surface area contributed by atoms with Crippen LogP contribution in [-0.4, -0.2) is 21.0 Å². The van der Waals surface area contributed by atoms with E-state index in [4.69, 9.17) is 11.6 Å². The van der Waals surface area contributed by atoms with E-state index in [1.807, 2.05) is 18.2 Å². The summed E-state index contributed by atoms with van der Waals surface area (Å²) in [6, 6.07) is 17.2. The van der Waals surface area contributed by atoms with Crippen molar-refractivity contribution in [1.82, 2.24) is 14.5 Å². The number of H-pyrrole nitrogens is 1. The highest BCUT2D eigenvalue weighted by Crippen LogP contribution is 2.32. The molecule has 0 amide bonds. The minimum absolute atomic E-state index is 0.278. The lowest BCUT2D eigenvalue weighted by Crippen LogP contribution is -2.34. The molecule has 0 aliphatic carbocycles. The number of aromatic nitrogens is 2. The molecule has 1 N–H and O–H groups in total. The van der Waals surface area contributed by atoms with E-state index in [1.165, 1.54) is 21.5 Å². The van der Waals surface area contributed by atoms with Crippen LogP contribution >= 0.6 is 22.9 Å². The molecule has 2 aromatic heterocycles. The molecule has 0 atom stereocenters. The Morgan fingerprint density at radius 3 is 2.69 bits per heavy atom. The molecule has 0 fully saturated rings. The Bertz CT molecular complexity index is 1320. The third-order valence-corrected chi connectivity index (χ3v) is 6.66. The van der Waals surface area contributed by atoms with Crippen LogP contribution in [0.3, 0.4) is 0 Å². The molecule has 0 unspecified atom stereocenters. The zero-order valence-electron chi connectivity index (χ0n) is 15.5. The summed E-state index contributed by atoms with van der Waals surface area (Å²) in [7, 11) is 0. The highest BCUT2D eigenvalue weighted by molar-refractivity contribution is 7.18. The first-order valence-electron chi connectivity index (χ1n) is 9.42. The van der Waals surface area contributed by atoms with Crippen LogP contribution in [-0.2, 0) is 19.5 Å². The molecule has 1 aliphatic heterocycles. The molecule has 0 saturated carbocycles. The lowest BCUT2D eigenvalue weighted by atomic mass is 10.0. The van der Waals surface area contributed by atoms with Crippen molar-refractivity contribution < 1.29 is 0 Å². The van der Waals surface area contributed by atoms with Crippen LogP contribution in [0.2, 0.25) is 5.02 Å². The minimum Gasteiger partial charge on any atom is -0.298 e. The van der Waals surface area contributed by atoms with Crippen molar-refractivity contribution in [3.63, 3.8) is 0 Å². The fourth-order valence-corrected chi connectivity index (χ4v) is 5.41. The van der Waals surface area contributed by atoms with Gasteiger partial charge in [0.2, 0.25) is 0 Å². The molecule has 0 bridgehead atoms. The van der Waals surface area contributed by atoms with Crippen LogP contribution < -0.4 is 11.2 Å². The first kappa shape index (κ1) is 18.4. The Kier molecular flexibility index (Phi) is 4.62. The molecule has 5 rings (SSSR count). The van der Waals surface area contributed by atoms with E-state index < -0.39 is 5.69 Å². The van der Waals surface area contributed by atoms with Crippen LogP contribution in [0.25, 0.3) is 15.9 Å². The average molecular weight is 424 g/mol. The Morgan fingerprint density at radius 1 is 1.07 bits per heavy atom. The second-order valence-corrected chi connectivity index (χ2v) is 8.75. The van der Waals surface area contributed by atoms with Crippen LogP contribution in [0.1, 0.15) is 16.0 Å². The van der Waals surface area contributed by atoms with Crippen LogP contribution in [0.4, 0.5) is 0 Å². The van der Waals surface area contributed by atoms with Crippen molar-refractivity contribution in [3.8, 4) is 5.69 Å². The zero-order chi connectivity index (χ0) is 20.0. The number of hydrogen-bond acceptors (Lipinski definition) is 4. The van der Waals surface area contributed by atoms with E-state index in [0.717, 1.165) is 36.5 Å². The Hall–Kier alpha value is -2.67. The number of fused-ring (bicyclic) bond motifs is 3. The van der Waals surface area contributed by atoms with Gasteiger partial charge in [0.05, 0.1) is 11.1 Å². The second kappa shape index (κ2) is 7.30.